The van der Waals surface area contributed by atoms with Gasteiger partial charge in [0.2, 0.25) is 0 Å². The monoisotopic (exact) mass is 1020 g/mol. The van der Waals surface area contributed by atoms with Crippen molar-refractivity contribution in [2.24, 2.45) is 0 Å². The normalized spacial score (nSPS) is 11.9. The summed E-state index contributed by atoms with van der Waals surface area (Å²) in [6, 6.07) is 18.7. The minimum atomic E-state index is -0.292. The smallest absolute Gasteiger partial charge is 0.147 e. The van der Waals surface area contributed by atoms with Crippen molar-refractivity contribution in [1.29, 1.82) is 0 Å². The molecule has 0 saturated heterocycles. The van der Waals surface area contributed by atoms with Crippen LogP contribution in [0.4, 0.5) is 17.5 Å². The molecule has 0 aliphatic carbocycles. The minimum Gasteiger partial charge on any atom is -0.497 e. The van der Waals surface area contributed by atoms with Crippen molar-refractivity contribution >= 4 is 97.0 Å². The molecule has 0 aliphatic rings. The molecule has 19 heteroatoms. The summed E-state index contributed by atoms with van der Waals surface area (Å²) in [5.74, 6) is 3.38. The predicted octanol–water partition coefficient (Wildman–Crippen LogP) is 12.9. The summed E-state index contributed by atoms with van der Waals surface area (Å²) >= 11 is 26.4. The van der Waals surface area contributed by atoms with Crippen LogP contribution in [0.15, 0.2) is 85.8 Å². The number of rotatable bonds is 6. The average molecular weight is 1030 g/mol. The van der Waals surface area contributed by atoms with Crippen LogP contribution in [-0.2, 0) is 16.6 Å². The van der Waals surface area contributed by atoms with Gasteiger partial charge in [0.15, 0.2) is 0 Å². The van der Waals surface area contributed by atoms with E-state index in [-0.39, 0.29) is 16.6 Å². The van der Waals surface area contributed by atoms with Gasteiger partial charge in [-0.25, -0.2) is 29.9 Å². The zero-order valence-electron chi connectivity index (χ0n) is 41.1. The quantitative estimate of drug-likeness (QED) is 0.143. The van der Waals surface area contributed by atoms with Crippen molar-refractivity contribution in [3.8, 4) is 50.6 Å². The Bertz CT molecular complexity index is 3250. The van der Waals surface area contributed by atoms with E-state index in [1.54, 1.807) is 45.6 Å². The fourth-order valence-corrected chi connectivity index (χ4v) is 9.67. The molecule has 0 atom stereocenters. The van der Waals surface area contributed by atoms with Crippen molar-refractivity contribution in [2.45, 2.75) is 78.9 Å². The summed E-state index contributed by atoms with van der Waals surface area (Å²) in [5, 5.41) is 4.38. The second-order valence-corrected chi connectivity index (χ2v) is 20.8. The summed E-state index contributed by atoms with van der Waals surface area (Å²) in [4.78, 5) is 25.6. The van der Waals surface area contributed by atoms with Gasteiger partial charge in [0, 0.05) is 60.7 Å². The zero-order chi connectivity index (χ0) is 51.2. The standard InChI is InChI=1S/2C17H18Cl2N4O.C17H20N4O/c2*1-17(2,3)23-14(19)12(13-15(20)21-8-22-16(13)23)10-7-9(24-4)5-6-11(10)18;1-17(2,3)21-9-13(11-6-5-7-12(8-11)22-4)14-15(18)19-10-20-16(14)21/h2*5-8H,1-4H3,(H2,20,21,22);5-10H,1-4H3,(H2,18,19,20). The Morgan fingerprint density at radius 3 is 1.26 bits per heavy atom. The molecule has 0 amide bonds. The van der Waals surface area contributed by atoms with Crippen LogP contribution in [0.2, 0.25) is 20.4 Å². The molecule has 0 spiro atoms. The highest BCUT2D eigenvalue weighted by Gasteiger charge is 2.30. The fourth-order valence-electron chi connectivity index (χ4n) is 8.18. The number of benzene rings is 3. The number of fused-ring (bicyclic) bond motifs is 3. The highest BCUT2D eigenvalue weighted by atomic mass is 35.5. The fraction of sp³-hybridized carbons (Fsp3) is 0.294. The van der Waals surface area contributed by atoms with E-state index in [2.05, 4.69) is 61.4 Å². The predicted molar refractivity (Wildman–Crippen MR) is 287 cm³/mol. The Morgan fingerprint density at radius 2 is 0.857 bits per heavy atom. The van der Waals surface area contributed by atoms with Gasteiger partial charge in [-0.2, -0.15) is 0 Å². The number of nitrogen functional groups attached to an aromatic ring is 3. The van der Waals surface area contributed by atoms with E-state index in [1.807, 2.05) is 87.1 Å². The van der Waals surface area contributed by atoms with E-state index in [0.29, 0.717) is 82.5 Å². The average Bonchev–Trinajstić information content (AvgIpc) is 3.96. The largest absolute Gasteiger partial charge is 0.497 e. The van der Waals surface area contributed by atoms with Crippen molar-refractivity contribution in [3.63, 3.8) is 0 Å². The maximum atomic E-state index is 6.75. The van der Waals surface area contributed by atoms with E-state index in [4.69, 9.17) is 77.8 Å². The zero-order valence-corrected chi connectivity index (χ0v) is 44.1. The van der Waals surface area contributed by atoms with Gasteiger partial charge in [0.25, 0.3) is 0 Å². The molecule has 0 aliphatic heterocycles. The molecular weight excluding hydrogens is 970 g/mol. The molecule has 366 valence electrons. The molecule has 15 nitrogen and oxygen atoms in total. The van der Waals surface area contributed by atoms with Crippen LogP contribution in [-0.4, -0.2) is 64.9 Å². The second kappa shape index (κ2) is 19.7. The molecule has 0 bridgehead atoms. The first-order valence-electron chi connectivity index (χ1n) is 22.0. The summed E-state index contributed by atoms with van der Waals surface area (Å²) in [6.07, 6.45) is 6.47. The molecule has 0 fully saturated rings. The van der Waals surface area contributed by atoms with Crippen molar-refractivity contribution < 1.29 is 14.2 Å². The SMILES string of the molecule is COc1ccc(Cl)c(-c2c(Cl)n(C(C)(C)C)c3ncnc(N)c23)c1.COc1ccc(Cl)c(-c2c(Cl)n(C(C)(C)C)c3ncnc(N)c23)c1.COc1cccc(-c2cn(C(C)(C)C)c3ncnc(N)c23)c1. The Balaban J connectivity index is 0.000000155. The number of methoxy groups -OCH3 is 3. The molecule has 9 aromatic rings. The molecule has 6 heterocycles. The number of anilines is 3. The minimum absolute atomic E-state index is 0.101. The Hall–Kier alpha value is -6.52. The summed E-state index contributed by atoms with van der Waals surface area (Å²) in [5.41, 5.74) is 24.9. The van der Waals surface area contributed by atoms with Gasteiger partial charge in [-0.1, -0.05) is 58.5 Å². The highest BCUT2D eigenvalue weighted by molar-refractivity contribution is 6.39. The number of hydrogen-bond acceptors (Lipinski definition) is 12. The Labute approximate surface area is 426 Å². The van der Waals surface area contributed by atoms with E-state index in [0.717, 1.165) is 39.0 Å². The number of ether oxygens (including phenoxy) is 3. The molecule has 0 unspecified atom stereocenters. The maximum Gasteiger partial charge on any atom is 0.147 e. The number of aromatic nitrogens is 9. The first-order valence-corrected chi connectivity index (χ1v) is 23.5. The molecule has 9 rings (SSSR count). The van der Waals surface area contributed by atoms with E-state index in [1.165, 1.54) is 19.0 Å². The lowest BCUT2D eigenvalue weighted by atomic mass is 10.1. The van der Waals surface area contributed by atoms with Crippen LogP contribution in [0.3, 0.4) is 0 Å². The lowest BCUT2D eigenvalue weighted by Gasteiger charge is -2.23. The van der Waals surface area contributed by atoms with Crippen molar-refractivity contribution in [2.75, 3.05) is 38.5 Å². The number of nitrogens with two attached hydrogens (primary N) is 3. The molecule has 70 heavy (non-hydrogen) atoms. The number of hydrogen-bond donors (Lipinski definition) is 3. The third-order valence-corrected chi connectivity index (χ3v) is 12.8. The van der Waals surface area contributed by atoms with Gasteiger partial charge < -0.3 is 45.1 Å². The van der Waals surface area contributed by atoms with Crippen LogP contribution < -0.4 is 31.4 Å². The van der Waals surface area contributed by atoms with Gasteiger partial charge in [-0.3, -0.25) is 0 Å². The molecular formula is C51H56Cl4N12O3. The van der Waals surface area contributed by atoms with Crippen molar-refractivity contribution in [1.82, 2.24) is 43.6 Å². The Morgan fingerprint density at radius 1 is 0.457 bits per heavy atom. The lowest BCUT2D eigenvalue weighted by Crippen LogP contribution is -2.22. The van der Waals surface area contributed by atoms with Gasteiger partial charge in [0.1, 0.15) is 80.9 Å². The van der Waals surface area contributed by atoms with Crippen LogP contribution in [0.25, 0.3) is 66.5 Å². The first kappa shape index (κ1) is 51.3. The third kappa shape index (κ3) is 9.80. The van der Waals surface area contributed by atoms with E-state index >= 15 is 0 Å². The summed E-state index contributed by atoms with van der Waals surface area (Å²) in [6.45, 7) is 18.7. The highest BCUT2D eigenvalue weighted by Crippen LogP contribution is 2.47. The Kier molecular flexibility index (Phi) is 14.4. The van der Waals surface area contributed by atoms with Gasteiger partial charge in [0.05, 0.1) is 37.5 Å². The maximum absolute atomic E-state index is 6.75. The second-order valence-electron chi connectivity index (χ2n) is 19.2. The van der Waals surface area contributed by atoms with Gasteiger partial charge in [-0.05, 0) is 116 Å². The van der Waals surface area contributed by atoms with Crippen LogP contribution in [0, 0.1) is 0 Å². The molecule has 0 saturated carbocycles. The van der Waals surface area contributed by atoms with Crippen LogP contribution >= 0.6 is 46.4 Å². The van der Waals surface area contributed by atoms with Crippen molar-refractivity contribution in [3.05, 3.63) is 106 Å². The van der Waals surface area contributed by atoms with E-state index < -0.39 is 0 Å². The number of halogens is 4. The van der Waals surface area contributed by atoms with Gasteiger partial charge in [-0.15, -0.1) is 0 Å². The summed E-state index contributed by atoms with van der Waals surface area (Å²) in [7, 11) is 4.87. The number of nitrogens with zero attached hydrogens (tertiary/aromatic N) is 9. The van der Waals surface area contributed by atoms with Crippen LogP contribution in [0.1, 0.15) is 62.3 Å². The lowest BCUT2D eigenvalue weighted by molar-refractivity contribution is 0.408. The molecule has 3 aromatic carbocycles. The first-order chi connectivity index (χ1) is 32.9. The molecule has 0 radical (unpaired) electrons. The van der Waals surface area contributed by atoms with E-state index in [9.17, 15) is 0 Å². The molecule has 6 N–H and O–H groups in total. The third-order valence-electron chi connectivity index (χ3n) is 11.4. The summed E-state index contributed by atoms with van der Waals surface area (Å²) < 4.78 is 22.0. The molecule has 6 aromatic heterocycles. The van der Waals surface area contributed by atoms with Crippen LogP contribution in [0.5, 0.6) is 17.2 Å². The topological polar surface area (TPSA) is 198 Å². The van der Waals surface area contributed by atoms with Gasteiger partial charge >= 0.3 is 0 Å².